The van der Waals surface area contributed by atoms with Crippen LogP contribution in [-0.4, -0.2) is 35.0 Å². The predicted octanol–water partition coefficient (Wildman–Crippen LogP) is 2.07. The highest BCUT2D eigenvalue weighted by Gasteiger charge is 2.19. The van der Waals surface area contributed by atoms with E-state index in [9.17, 15) is 0 Å². The van der Waals surface area contributed by atoms with Crippen LogP contribution in [-0.2, 0) is 6.42 Å². The largest absolute Gasteiger partial charge is 0.346 e. The van der Waals surface area contributed by atoms with Gasteiger partial charge in [0.1, 0.15) is 5.82 Å². The molecule has 2 rings (SSSR count). The predicted molar refractivity (Wildman–Crippen MR) is 72.8 cm³/mol. The number of nitrogens with one attached hydrogen (secondary N) is 1. The second-order valence-electron chi connectivity index (χ2n) is 4.58. The molecule has 5 heteroatoms. The van der Waals surface area contributed by atoms with Crippen molar-refractivity contribution in [2.24, 2.45) is 0 Å². The van der Waals surface area contributed by atoms with Gasteiger partial charge in [-0.05, 0) is 32.7 Å². The maximum atomic E-state index is 4.62. The van der Waals surface area contributed by atoms with E-state index < -0.39 is 0 Å². The van der Waals surface area contributed by atoms with E-state index in [4.69, 9.17) is 0 Å². The number of hydrogen-bond donors (Lipinski definition) is 1. The van der Waals surface area contributed by atoms with Crippen molar-refractivity contribution in [2.45, 2.75) is 45.6 Å². The van der Waals surface area contributed by atoms with E-state index in [1.807, 2.05) is 0 Å². The Bertz CT molecular complexity index is 333. The standard InChI is InChI=1S/C12H22N4S/c1-3-6-11-14-12(17-15-11)16(4-2)9-10-7-5-8-13-10/h10,13H,3-9H2,1-2H3. The fourth-order valence-electron chi connectivity index (χ4n) is 2.22. The van der Waals surface area contributed by atoms with Gasteiger partial charge in [0.05, 0.1) is 0 Å². The highest BCUT2D eigenvalue weighted by Crippen LogP contribution is 2.19. The SMILES string of the molecule is CCCc1nsc(N(CC)CC2CCCN2)n1. The van der Waals surface area contributed by atoms with Crippen LogP contribution in [0.4, 0.5) is 5.13 Å². The first kappa shape index (κ1) is 12.8. The molecule has 4 nitrogen and oxygen atoms in total. The van der Waals surface area contributed by atoms with Crippen LogP contribution in [0.25, 0.3) is 0 Å². The van der Waals surface area contributed by atoms with Crippen LogP contribution in [0.1, 0.15) is 38.9 Å². The van der Waals surface area contributed by atoms with Crippen molar-refractivity contribution in [1.29, 1.82) is 0 Å². The molecular formula is C12H22N4S. The minimum Gasteiger partial charge on any atom is -0.346 e. The molecule has 0 saturated carbocycles. The normalized spacial score (nSPS) is 19.8. The molecule has 1 aromatic heterocycles. The molecule has 1 unspecified atom stereocenters. The van der Waals surface area contributed by atoms with Gasteiger partial charge < -0.3 is 10.2 Å². The number of nitrogens with zero attached hydrogens (tertiary/aromatic N) is 3. The Labute approximate surface area is 108 Å². The summed E-state index contributed by atoms with van der Waals surface area (Å²) >= 11 is 1.54. The van der Waals surface area contributed by atoms with Crippen molar-refractivity contribution < 1.29 is 0 Å². The minimum absolute atomic E-state index is 0.633. The quantitative estimate of drug-likeness (QED) is 0.844. The molecule has 1 aliphatic rings. The van der Waals surface area contributed by atoms with Crippen LogP contribution in [0.3, 0.4) is 0 Å². The second kappa shape index (κ2) is 6.31. The zero-order chi connectivity index (χ0) is 12.1. The van der Waals surface area contributed by atoms with Crippen LogP contribution in [0.15, 0.2) is 0 Å². The Morgan fingerprint density at radius 1 is 1.47 bits per heavy atom. The van der Waals surface area contributed by atoms with Gasteiger partial charge in [0.15, 0.2) is 0 Å². The molecule has 0 bridgehead atoms. The van der Waals surface area contributed by atoms with E-state index in [1.54, 1.807) is 11.5 Å². The van der Waals surface area contributed by atoms with Gasteiger partial charge in [0.25, 0.3) is 0 Å². The Morgan fingerprint density at radius 3 is 3.00 bits per heavy atom. The van der Waals surface area contributed by atoms with E-state index in [2.05, 4.69) is 33.4 Å². The first-order chi connectivity index (χ1) is 8.33. The van der Waals surface area contributed by atoms with Crippen molar-refractivity contribution in [2.75, 3.05) is 24.5 Å². The molecule has 0 aliphatic carbocycles. The molecule has 96 valence electrons. The van der Waals surface area contributed by atoms with Crippen molar-refractivity contribution in [3.05, 3.63) is 5.82 Å². The summed E-state index contributed by atoms with van der Waals surface area (Å²) in [5.74, 6) is 1.00. The van der Waals surface area contributed by atoms with Gasteiger partial charge in [-0.25, -0.2) is 4.98 Å². The fourth-order valence-corrected chi connectivity index (χ4v) is 3.00. The average molecular weight is 254 g/mol. The second-order valence-corrected chi connectivity index (χ2v) is 5.31. The molecule has 2 heterocycles. The lowest BCUT2D eigenvalue weighted by Crippen LogP contribution is -2.37. The van der Waals surface area contributed by atoms with Crippen molar-refractivity contribution in [3.63, 3.8) is 0 Å². The number of anilines is 1. The van der Waals surface area contributed by atoms with Crippen LogP contribution in [0.5, 0.6) is 0 Å². The third kappa shape index (κ3) is 3.39. The van der Waals surface area contributed by atoms with E-state index in [-0.39, 0.29) is 0 Å². The van der Waals surface area contributed by atoms with Crippen molar-refractivity contribution in [3.8, 4) is 0 Å². The van der Waals surface area contributed by atoms with Gasteiger partial charge in [0, 0.05) is 37.1 Å². The zero-order valence-corrected chi connectivity index (χ0v) is 11.6. The average Bonchev–Trinajstić information content (AvgIpc) is 2.97. The molecular weight excluding hydrogens is 232 g/mol. The van der Waals surface area contributed by atoms with Gasteiger partial charge in [0.2, 0.25) is 5.13 Å². The van der Waals surface area contributed by atoms with Crippen molar-refractivity contribution in [1.82, 2.24) is 14.7 Å². The molecule has 1 fully saturated rings. The van der Waals surface area contributed by atoms with Gasteiger partial charge in [-0.1, -0.05) is 6.92 Å². The molecule has 0 amide bonds. The molecule has 0 spiro atoms. The molecule has 1 atom stereocenters. The number of aryl methyl sites for hydroxylation is 1. The van der Waals surface area contributed by atoms with Gasteiger partial charge >= 0.3 is 0 Å². The van der Waals surface area contributed by atoms with Crippen molar-refractivity contribution >= 4 is 16.7 Å². The highest BCUT2D eigenvalue weighted by molar-refractivity contribution is 7.09. The maximum Gasteiger partial charge on any atom is 0.205 e. The monoisotopic (exact) mass is 254 g/mol. The fraction of sp³-hybridized carbons (Fsp3) is 0.833. The molecule has 1 aromatic rings. The summed E-state index contributed by atoms with van der Waals surface area (Å²) in [6.07, 6.45) is 4.71. The lowest BCUT2D eigenvalue weighted by atomic mass is 10.2. The van der Waals surface area contributed by atoms with E-state index in [0.717, 1.165) is 36.9 Å². The Morgan fingerprint density at radius 2 is 2.35 bits per heavy atom. The zero-order valence-electron chi connectivity index (χ0n) is 10.8. The summed E-state index contributed by atoms with van der Waals surface area (Å²) in [5, 5.41) is 4.63. The third-order valence-electron chi connectivity index (χ3n) is 3.19. The summed E-state index contributed by atoms with van der Waals surface area (Å²) < 4.78 is 4.42. The summed E-state index contributed by atoms with van der Waals surface area (Å²) in [7, 11) is 0. The van der Waals surface area contributed by atoms with E-state index in [1.165, 1.54) is 19.4 Å². The number of hydrogen-bond acceptors (Lipinski definition) is 5. The van der Waals surface area contributed by atoms with Crippen LogP contribution < -0.4 is 10.2 Å². The number of aromatic nitrogens is 2. The third-order valence-corrected chi connectivity index (χ3v) is 4.00. The number of likely N-dealkylation sites (N-methyl/N-ethyl adjacent to an activating group) is 1. The van der Waals surface area contributed by atoms with E-state index in [0.29, 0.717) is 6.04 Å². The molecule has 17 heavy (non-hydrogen) atoms. The lowest BCUT2D eigenvalue weighted by Gasteiger charge is -2.23. The van der Waals surface area contributed by atoms with Crippen LogP contribution in [0, 0.1) is 0 Å². The minimum atomic E-state index is 0.633. The molecule has 0 aromatic carbocycles. The number of rotatable bonds is 6. The first-order valence-electron chi connectivity index (χ1n) is 6.64. The smallest absolute Gasteiger partial charge is 0.205 e. The Kier molecular flexibility index (Phi) is 4.74. The molecule has 0 radical (unpaired) electrons. The topological polar surface area (TPSA) is 41.1 Å². The van der Waals surface area contributed by atoms with Gasteiger partial charge in [-0.15, -0.1) is 0 Å². The summed E-state index contributed by atoms with van der Waals surface area (Å²) in [4.78, 5) is 6.97. The first-order valence-corrected chi connectivity index (χ1v) is 7.41. The molecule has 1 saturated heterocycles. The summed E-state index contributed by atoms with van der Waals surface area (Å²) in [6.45, 7) is 7.60. The Balaban J connectivity index is 1.95. The van der Waals surface area contributed by atoms with Crippen LogP contribution >= 0.6 is 11.5 Å². The Hall–Kier alpha value is -0.680. The summed E-state index contributed by atoms with van der Waals surface area (Å²) in [6, 6.07) is 0.633. The van der Waals surface area contributed by atoms with Gasteiger partial charge in [-0.2, -0.15) is 4.37 Å². The summed E-state index contributed by atoms with van der Waals surface area (Å²) in [5.41, 5.74) is 0. The lowest BCUT2D eigenvalue weighted by molar-refractivity contribution is 0.585. The van der Waals surface area contributed by atoms with Crippen LogP contribution in [0.2, 0.25) is 0 Å². The van der Waals surface area contributed by atoms with Gasteiger partial charge in [-0.3, -0.25) is 0 Å². The highest BCUT2D eigenvalue weighted by atomic mass is 32.1. The molecule has 1 N–H and O–H groups in total. The van der Waals surface area contributed by atoms with E-state index >= 15 is 0 Å². The maximum absolute atomic E-state index is 4.62. The molecule has 1 aliphatic heterocycles.